The maximum atomic E-state index is 13.0. The van der Waals surface area contributed by atoms with Crippen molar-refractivity contribution in [3.8, 4) is 11.1 Å². The maximum absolute atomic E-state index is 13.0. The van der Waals surface area contributed by atoms with E-state index >= 15 is 0 Å². The number of amides is 1. The maximum Gasteiger partial charge on any atom is 0.248 e. The van der Waals surface area contributed by atoms with Crippen molar-refractivity contribution in [2.45, 2.75) is 0 Å². The molecule has 2 N–H and O–H groups in total. The van der Waals surface area contributed by atoms with Crippen molar-refractivity contribution < 1.29 is 9.18 Å². The molecular weight excluding hydrogens is 205 g/mol. The van der Waals surface area contributed by atoms with Crippen LogP contribution in [0.1, 0.15) is 10.4 Å². The number of hydrogen-bond donors (Lipinski definition) is 1. The highest BCUT2D eigenvalue weighted by Gasteiger charge is 2.03. The van der Waals surface area contributed by atoms with Crippen LogP contribution in [0.4, 0.5) is 4.39 Å². The third-order valence-corrected chi connectivity index (χ3v) is 2.25. The zero-order valence-corrected chi connectivity index (χ0v) is 8.41. The Morgan fingerprint density at radius 3 is 2.62 bits per heavy atom. The zero-order valence-electron chi connectivity index (χ0n) is 8.41. The molecular formula is C13H9FNO. The standard InChI is InChI=1S/C13H9FNO/c14-12-6-2-4-10(8-12)9-3-1-5-11(7-9)13(15)16/h1-5,7-8H,(H2,15,16). The fraction of sp³-hybridized carbons (Fsp3) is 0. The highest BCUT2D eigenvalue weighted by atomic mass is 19.1. The minimum absolute atomic E-state index is 0.408. The second-order valence-corrected chi connectivity index (χ2v) is 3.37. The molecule has 1 radical (unpaired) electrons. The van der Waals surface area contributed by atoms with Gasteiger partial charge in [-0.2, -0.15) is 0 Å². The van der Waals surface area contributed by atoms with Crippen LogP contribution in [0.25, 0.3) is 11.1 Å². The lowest BCUT2D eigenvalue weighted by Crippen LogP contribution is -2.10. The number of carbonyl (C=O) groups is 1. The fourth-order valence-electron chi connectivity index (χ4n) is 1.47. The molecule has 0 aliphatic heterocycles. The highest BCUT2D eigenvalue weighted by molar-refractivity contribution is 5.94. The van der Waals surface area contributed by atoms with Crippen LogP contribution in [0.3, 0.4) is 0 Å². The summed E-state index contributed by atoms with van der Waals surface area (Å²) in [4.78, 5) is 11.0. The lowest BCUT2D eigenvalue weighted by Gasteiger charge is -2.03. The first-order chi connectivity index (χ1) is 7.66. The van der Waals surface area contributed by atoms with Crippen molar-refractivity contribution in [3.63, 3.8) is 0 Å². The van der Waals surface area contributed by atoms with E-state index in [0.717, 1.165) is 5.56 Å². The van der Waals surface area contributed by atoms with Crippen LogP contribution < -0.4 is 5.73 Å². The van der Waals surface area contributed by atoms with Gasteiger partial charge >= 0.3 is 0 Å². The van der Waals surface area contributed by atoms with Crippen molar-refractivity contribution in [3.05, 3.63) is 59.9 Å². The van der Waals surface area contributed by atoms with Crippen LogP contribution in [0.15, 0.2) is 42.5 Å². The molecule has 0 fully saturated rings. The molecule has 0 bridgehead atoms. The molecule has 0 aliphatic rings. The Balaban J connectivity index is 2.48. The Hall–Kier alpha value is -2.16. The summed E-state index contributed by atoms with van der Waals surface area (Å²) < 4.78 is 13.0. The zero-order chi connectivity index (χ0) is 11.5. The van der Waals surface area contributed by atoms with Crippen molar-refractivity contribution in [2.24, 2.45) is 5.73 Å². The van der Waals surface area contributed by atoms with Gasteiger partial charge in [-0.3, -0.25) is 4.79 Å². The summed E-state index contributed by atoms with van der Waals surface area (Å²) in [6.45, 7) is 0. The molecule has 2 aromatic carbocycles. The lowest BCUT2D eigenvalue weighted by molar-refractivity contribution is 0.100. The van der Waals surface area contributed by atoms with Gasteiger partial charge in [0.2, 0.25) is 5.91 Å². The lowest BCUT2D eigenvalue weighted by atomic mass is 10.0. The van der Waals surface area contributed by atoms with E-state index < -0.39 is 11.7 Å². The van der Waals surface area contributed by atoms with Crippen molar-refractivity contribution >= 4 is 5.91 Å². The van der Waals surface area contributed by atoms with Crippen LogP contribution in [-0.4, -0.2) is 5.91 Å². The molecule has 2 rings (SSSR count). The number of carbonyl (C=O) groups excluding carboxylic acids is 1. The quantitative estimate of drug-likeness (QED) is 0.819. The van der Waals surface area contributed by atoms with Gasteiger partial charge in [-0.25, -0.2) is 4.39 Å². The Bertz CT molecular complexity index is 537. The SMILES string of the molecule is NC(=O)c1cccc(-c2cc[c]c(F)c2)c1. The molecule has 0 aromatic heterocycles. The topological polar surface area (TPSA) is 43.1 Å². The highest BCUT2D eigenvalue weighted by Crippen LogP contribution is 2.20. The van der Waals surface area contributed by atoms with Gasteiger partial charge in [0.1, 0.15) is 5.82 Å². The minimum Gasteiger partial charge on any atom is -0.366 e. The van der Waals surface area contributed by atoms with E-state index in [4.69, 9.17) is 5.73 Å². The van der Waals surface area contributed by atoms with E-state index in [-0.39, 0.29) is 0 Å². The normalized spacial score (nSPS) is 10.1. The van der Waals surface area contributed by atoms with Gasteiger partial charge in [-0.1, -0.05) is 24.3 Å². The van der Waals surface area contributed by atoms with E-state index in [0.29, 0.717) is 11.1 Å². The Labute approximate surface area is 92.5 Å². The number of nitrogens with two attached hydrogens (primary N) is 1. The number of benzene rings is 2. The molecule has 0 heterocycles. The first-order valence-corrected chi connectivity index (χ1v) is 4.74. The van der Waals surface area contributed by atoms with Crippen molar-refractivity contribution in [1.82, 2.24) is 0 Å². The van der Waals surface area contributed by atoms with Gasteiger partial charge in [0, 0.05) is 11.6 Å². The Kier molecular flexibility index (Phi) is 2.68. The number of halogens is 1. The average Bonchev–Trinajstić information content (AvgIpc) is 2.29. The van der Waals surface area contributed by atoms with Gasteiger partial charge in [0.15, 0.2) is 0 Å². The van der Waals surface area contributed by atoms with E-state index in [9.17, 15) is 9.18 Å². The summed E-state index contributed by atoms with van der Waals surface area (Å²) >= 11 is 0. The first-order valence-electron chi connectivity index (χ1n) is 4.74. The first kappa shape index (κ1) is 10.4. The molecule has 2 aromatic rings. The Morgan fingerprint density at radius 1 is 1.19 bits per heavy atom. The van der Waals surface area contributed by atoms with E-state index in [1.54, 1.807) is 30.3 Å². The third kappa shape index (κ3) is 2.08. The summed E-state index contributed by atoms with van der Waals surface area (Å²) in [5.74, 6) is -0.924. The van der Waals surface area contributed by atoms with Crippen LogP contribution >= 0.6 is 0 Å². The molecule has 0 unspecified atom stereocenters. The summed E-state index contributed by atoms with van der Waals surface area (Å²) in [6, 6.07) is 13.8. The van der Waals surface area contributed by atoms with Crippen LogP contribution in [-0.2, 0) is 0 Å². The fourth-order valence-corrected chi connectivity index (χ4v) is 1.47. The summed E-state index contributed by atoms with van der Waals surface area (Å²) in [5.41, 5.74) is 7.03. The van der Waals surface area contributed by atoms with Crippen molar-refractivity contribution in [2.75, 3.05) is 0 Å². The monoisotopic (exact) mass is 214 g/mol. The predicted octanol–water partition coefficient (Wildman–Crippen LogP) is 2.39. The second kappa shape index (κ2) is 4.14. The molecule has 0 spiro atoms. The predicted molar refractivity (Wildman–Crippen MR) is 59.2 cm³/mol. The molecule has 79 valence electrons. The molecule has 3 heteroatoms. The molecule has 0 saturated heterocycles. The van der Waals surface area contributed by atoms with Crippen LogP contribution in [0.2, 0.25) is 0 Å². The molecule has 0 atom stereocenters. The second-order valence-electron chi connectivity index (χ2n) is 3.37. The van der Waals surface area contributed by atoms with Gasteiger partial charge in [0.05, 0.1) is 0 Å². The molecule has 1 amide bonds. The minimum atomic E-state index is -0.496. The summed E-state index contributed by atoms with van der Waals surface area (Å²) in [5, 5.41) is 0. The average molecular weight is 214 g/mol. The molecule has 0 saturated carbocycles. The number of rotatable bonds is 2. The Morgan fingerprint density at radius 2 is 1.94 bits per heavy atom. The molecule has 2 nitrogen and oxygen atoms in total. The summed E-state index contributed by atoms with van der Waals surface area (Å²) in [6.07, 6.45) is 0. The largest absolute Gasteiger partial charge is 0.366 e. The molecule has 16 heavy (non-hydrogen) atoms. The summed E-state index contributed by atoms with van der Waals surface area (Å²) in [7, 11) is 0. The van der Waals surface area contributed by atoms with Gasteiger partial charge in [-0.15, -0.1) is 0 Å². The van der Waals surface area contributed by atoms with Gasteiger partial charge in [0.25, 0.3) is 0 Å². The number of primary amides is 1. The molecule has 0 aliphatic carbocycles. The van der Waals surface area contributed by atoms with E-state index in [2.05, 4.69) is 6.07 Å². The smallest absolute Gasteiger partial charge is 0.248 e. The third-order valence-electron chi connectivity index (χ3n) is 2.25. The van der Waals surface area contributed by atoms with Crippen molar-refractivity contribution in [1.29, 1.82) is 0 Å². The van der Waals surface area contributed by atoms with Crippen LogP contribution in [0.5, 0.6) is 0 Å². The van der Waals surface area contributed by atoms with Gasteiger partial charge < -0.3 is 5.73 Å². The number of hydrogen-bond acceptors (Lipinski definition) is 1. The van der Waals surface area contributed by atoms with E-state index in [1.165, 1.54) is 12.1 Å². The van der Waals surface area contributed by atoms with Gasteiger partial charge in [-0.05, 0) is 29.3 Å². The van der Waals surface area contributed by atoms with Crippen LogP contribution in [0, 0.1) is 11.9 Å². The van der Waals surface area contributed by atoms with E-state index in [1.807, 2.05) is 0 Å².